The summed E-state index contributed by atoms with van der Waals surface area (Å²) in [6.07, 6.45) is 3.94. The third-order valence-electron chi connectivity index (χ3n) is 6.36. The molecule has 3 atom stereocenters. The number of nitrogens with zero attached hydrogens (tertiary/aromatic N) is 4. The van der Waals surface area contributed by atoms with Gasteiger partial charge in [-0.1, -0.05) is 74.5 Å². The summed E-state index contributed by atoms with van der Waals surface area (Å²) in [5, 5.41) is 18.6. The van der Waals surface area contributed by atoms with E-state index in [9.17, 15) is 9.90 Å². The minimum Gasteiger partial charge on any atom is -0.511 e. The second-order valence-electron chi connectivity index (χ2n) is 9.49. The summed E-state index contributed by atoms with van der Waals surface area (Å²) in [6, 6.07) is 19.4. The molecule has 0 saturated heterocycles. The molecule has 3 aromatic rings. The first-order valence-corrected chi connectivity index (χ1v) is 11.2. The van der Waals surface area contributed by atoms with Crippen LogP contribution >= 0.6 is 0 Å². The molecule has 7 heteroatoms. The summed E-state index contributed by atoms with van der Waals surface area (Å²) in [5.41, 5.74) is 2.16. The molecule has 0 bridgehead atoms. The van der Waals surface area contributed by atoms with Crippen molar-refractivity contribution >= 4 is 17.9 Å². The van der Waals surface area contributed by atoms with Gasteiger partial charge in [-0.15, -0.1) is 0 Å². The number of carbonyl (C=O) groups is 1. The predicted molar refractivity (Wildman–Crippen MR) is 127 cm³/mol. The Hall–Kier alpha value is -3.74. The van der Waals surface area contributed by atoms with Crippen molar-refractivity contribution in [3.8, 4) is 0 Å². The zero-order chi connectivity index (χ0) is 23.0. The second-order valence-corrected chi connectivity index (χ2v) is 9.49. The minimum atomic E-state index is -0.327. The van der Waals surface area contributed by atoms with Crippen LogP contribution in [0.3, 0.4) is 0 Å². The van der Waals surface area contributed by atoms with Crippen LogP contribution in [0.2, 0.25) is 0 Å². The average molecular weight is 442 g/mol. The quantitative estimate of drug-likeness (QED) is 0.574. The number of carbonyl (C=O) groups excluding carboxylic acids is 1. The molecule has 1 aliphatic heterocycles. The number of hydrogen-bond acceptors (Lipinski definition) is 6. The van der Waals surface area contributed by atoms with Gasteiger partial charge < -0.3 is 10.4 Å². The van der Waals surface area contributed by atoms with Crippen LogP contribution in [-0.4, -0.2) is 37.9 Å². The standard InChI is InChI=1S/C26H27N5O2/c1-26(2)13-20(32)19(21(33)14-26)15-27-23-22(17-9-5-3-6-10-17)30-25-28-16-29-31(25)24(23)18-11-7-4-8-12-18/h3-12,15-16,22-24,32H,13-14H2,1-2H3,(H,28,29,30)/t22-,23+,24-/m0/s1. The number of allylic oxidation sites excluding steroid dienone is 2. The van der Waals surface area contributed by atoms with E-state index in [0.29, 0.717) is 24.4 Å². The molecule has 2 N–H and O–H groups in total. The maximum Gasteiger partial charge on any atom is 0.222 e. The fourth-order valence-corrected chi connectivity index (χ4v) is 4.81. The van der Waals surface area contributed by atoms with Crippen LogP contribution in [0.4, 0.5) is 5.95 Å². The molecule has 0 fully saturated rings. The van der Waals surface area contributed by atoms with Gasteiger partial charge in [0.05, 0.1) is 11.6 Å². The maximum atomic E-state index is 12.8. The van der Waals surface area contributed by atoms with Crippen molar-refractivity contribution in [2.75, 3.05) is 5.32 Å². The first kappa shape index (κ1) is 21.1. The van der Waals surface area contributed by atoms with Crippen LogP contribution in [0.15, 0.2) is 83.3 Å². The molecule has 5 rings (SSSR count). The number of aromatic nitrogens is 3. The summed E-state index contributed by atoms with van der Waals surface area (Å²) in [5.74, 6) is 0.699. The van der Waals surface area contributed by atoms with Gasteiger partial charge in [0.25, 0.3) is 0 Å². The summed E-state index contributed by atoms with van der Waals surface area (Å²) >= 11 is 0. The van der Waals surface area contributed by atoms with Gasteiger partial charge in [0.1, 0.15) is 24.2 Å². The number of aliphatic hydroxyl groups excluding tert-OH is 1. The van der Waals surface area contributed by atoms with Crippen LogP contribution in [0.1, 0.15) is 49.9 Å². The summed E-state index contributed by atoms with van der Waals surface area (Å²) in [7, 11) is 0. The molecule has 1 aliphatic carbocycles. The molecule has 0 radical (unpaired) electrons. The highest BCUT2D eigenvalue weighted by atomic mass is 16.3. The average Bonchev–Trinajstić information content (AvgIpc) is 3.26. The molecule has 2 heterocycles. The van der Waals surface area contributed by atoms with Crippen molar-refractivity contribution < 1.29 is 9.90 Å². The third-order valence-corrected chi connectivity index (χ3v) is 6.36. The number of anilines is 1. The molecular formula is C26H27N5O2. The molecule has 168 valence electrons. The van der Waals surface area contributed by atoms with Gasteiger partial charge in [-0.25, -0.2) is 4.68 Å². The Morgan fingerprint density at radius 2 is 1.73 bits per heavy atom. The number of aliphatic imine (C=N–C) groups is 1. The lowest BCUT2D eigenvalue weighted by molar-refractivity contribution is -0.117. The Morgan fingerprint density at radius 1 is 1.06 bits per heavy atom. The highest BCUT2D eigenvalue weighted by Crippen LogP contribution is 2.40. The molecular weight excluding hydrogens is 414 g/mol. The summed E-state index contributed by atoms with van der Waals surface area (Å²) in [6.45, 7) is 3.98. The van der Waals surface area contributed by atoms with E-state index in [1.165, 1.54) is 6.33 Å². The van der Waals surface area contributed by atoms with Crippen molar-refractivity contribution in [2.24, 2.45) is 10.4 Å². The number of benzene rings is 2. The highest BCUT2D eigenvalue weighted by molar-refractivity contribution is 6.14. The molecule has 33 heavy (non-hydrogen) atoms. The first-order valence-electron chi connectivity index (χ1n) is 11.2. The van der Waals surface area contributed by atoms with Crippen molar-refractivity contribution in [3.63, 3.8) is 0 Å². The molecule has 0 saturated carbocycles. The predicted octanol–water partition coefficient (Wildman–Crippen LogP) is 4.67. The van der Waals surface area contributed by atoms with E-state index >= 15 is 0 Å². The van der Waals surface area contributed by atoms with Crippen LogP contribution in [0.5, 0.6) is 0 Å². The Labute approximate surface area is 192 Å². The molecule has 2 aliphatic rings. The van der Waals surface area contributed by atoms with E-state index in [0.717, 1.165) is 11.1 Å². The van der Waals surface area contributed by atoms with Gasteiger partial charge in [0, 0.05) is 19.1 Å². The number of hydrogen-bond donors (Lipinski definition) is 2. The fourth-order valence-electron chi connectivity index (χ4n) is 4.81. The number of aliphatic hydroxyl groups is 1. The lowest BCUT2D eigenvalue weighted by atomic mass is 9.77. The minimum absolute atomic E-state index is 0.0785. The Kier molecular flexibility index (Phi) is 5.32. The SMILES string of the molecule is CC1(C)CC(=O)C(C=N[C@@H]2[C@H](c3ccccc3)Nc3ncnn3[C@H]2c2ccccc2)=C(O)C1. The molecule has 0 amide bonds. The molecule has 0 spiro atoms. The van der Waals surface area contributed by atoms with E-state index in [-0.39, 0.29) is 35.1 Å². The van der Waals surface area contributed by atoms with Gasteiger partial charge in [-0.2, -0.15) is 10.1 Å². The van der Waals surface area contributed by atoms with Gasteiger partial charge in [0.2, 0.25) is 5.95 Å². The zero-order valence-electron chi connectivity index (χ0n) is 18.7. The molecule has 1 aromatic heterocycles. The highest BCUT2D eigenvalue weighted by Gasteiger charge is 2.40. The summed E-state index contributed by atoms with van der Waals surface area (Å²) in [4.78, 5) is 22.2. The smallest absolute Gasteiger partial charge is 0.222 e. The van der Waals surface area contributed by atoms with Crippen molar-refractivity contribution in [2.45, 2.75) is 44.8 Å². The third kappa shape index (κ3) is 4.06. The van der Waals surface area contributed by atoms with Crippen molar-refractivity contribution in [1.82, 2.24) is 14.8 Å². The van der Waals surface area contributed by atoms with E-state index in [2.05, 4.69) is 39.7 Å². The van der Waals surface area contributed by atoms with Gasteiger partial charge >= 0.3 is 0 Å². The molecule has 7 nitrogen and oxygen atoms in total. The van der Waals surface area contributed by atoms with Crippen LogP contribution in [0.25, 0.3) is 0 Å². The zero-order valence-corrected chi connectivity index (χ0v) is 18.7. The first-order chi connectivity index (χ1) is 15.9. The lowest BCUT2D eigenvalue weighted by Crippen LogP contribution is -2.40. The van der Waals surface area contributed by atoms with E-state index in [1.54, 1.807) is 6.21 Å². The Balaban J connectivity index is 1.62. The van der Waals surface area contributed by atoms with Crippen LogP contribution < -0.4 is 5.32 Å². The lowest BCUT2D eigenvalue weighted by Gasteiger charge is -2.37. The Morgan fingerprint density at radius 3 is 2.39 bits per heavy atom. The maximum absolute atomic E-state index is 12.8. The fraction of sp³-hybridized carbons (Fsp3) is 0.308. The van der Waals surface area contributed by atoms with E-state index < -0.39 is 0 Å². The van der Waals surface area contributed by atoms with Crippen LogP contribution in [-0.2, 0) is 4.79 Å². The van der Waals surface area contributed by atoms with E-state index in [4.69, 9.17) is 4.99 Å². The van der Waals surface area contributed by atoms with Gasteiger partial charge in [0.15, 0.2) is 5.78 Å². The van der Waals surface area contributed by atoms with Crippen LogP contribution in [0, 0.1) is 5.41 Å². The molecule has 0 unspecified atom stereocenters. The van der Waals surface area contributed by atoms with E-state index in [1.807, 2.05) is 54.9 Å². The number of rotatable bonds is 4. The van der Waals surface area contributed by atoms with Gasteiger partial charge in [-0.3, -0.25) is 9.79 Å². The number of ketones is 1. The van der Waals surface area contributed by atoms with Crippen molar-refractivity contribution in [1.29, 1.82) is 0 Å². The monoisotopic (exact) mass is 441 g/mol. The summed E-state index contributed by atoms with van der Waals surface area (Å²) < 4.78 is 1.84. The number of Topliss-reactive ketones (excluding diaryl/α,β-unsaturated/α-hetero) is 1. The number of nitrogens with one attached hydrogen (secondary N) is 1. The molecule has 2 aromatic carbocycles. The topological polar surface area (TPSA) is 92.4 Å². The normalized spacial score (nSPS) is 24.5. The largest absolute Gasteiger partial charge is 0.511 e. The number of fused-ring (bicyclic) bond motifs is 1. The second kappa shape index (κ2) is 8.31. The van der Waals surface area contributed by atoms with Gasteiger partial charge in [-0.05, 0) is 16.5 Å². The Bertz CT molecular complexity index is 1210. The van der Waals surface area contributed by atoms with Crippen molar-refractivity contribution in [3.05, 3.63) is 89.5 Å².